The van der Waals surface area contributed by atoms with Crippen molar-refractivity contribution in [2.75, 3.05) is 6.61 Å². The Bertz CT molecular complexity index is 726. The molecule has 1 N–H and O–H groups in total. The first-order valence-corrected chi connectivity index (χ1v) is 6.75. The number of hydrogen-bond acceptors (Lipinski definition) is 7. The Hall–Kier alpha value is -2.49. The van der Waals surface area contributed by atoms with Crippen molar-refractivity contribution in [1.82, 2.24) is 9.55 Å². The lowest BCUT2D eigenvalue weighted by Gasteiger charge is -2.20. The lowest BCUT2D eigenvalue weighted by molar-refractivity contribution is -0.153. The van der Waals surface area contributed by atoms with Gasteiger partial charge in [0.2, 0.25) is 5.82 Å². The Balaban J connectivity index is 2.27. The minimum absolute atomic E-state index is 0.107. The Morgan fingerprint density at radius 1 is 1.39 bits per heavy atom. The normalized spacial score (nSPS) is 23.5. The van der Waals surface area contributed by atoms with Crippen molar-refractivity contribution >= 4 is 11.9 Å². The minimum atomic E-state index is -1.18. The summed E-state index contributed by atoms with van der Waals surface area (Å²) in [4.78, 5) is 46.7. The molecule has 0 amide bonds. The lowest BCUT2D eigenvalue weighted by atomic mass is 10.2. The van der Waals surface area contributed by atoms with Crippen LogP contribution in [0.4, 0.5) is 4.39 Å². The zero-order valence-corrected chi connectivity index (χ0v) is 12.4. The fourth-order valence-corrected chi connectivity index (χ4v) is 2.25. The number of H-pyrrole nitrogens is 1. The molecule has 1 aliphatic rings. The molecule has 0 radical (unpaired) electrons. The van der Waals surface area contributed by atoms with Gasteiger partial charge in [-0.2, -0.15) is 4.39 Å². The molecule has 1 fully saturated rings. The summed E-state index contributed by atoms with van der Waals surface area (Å²) < 4.78 is 29.6. The molecule has 0 bridgehead atoms. The zero-order valence-electron chi connectivity index (χ0n) is 12.4. The number of hydrogen-bond donors (Lipinski definition) is 1. The highest BCUT2D eigenvalue weighted by Crippen LogP contribution is 2.30. The van der Waals surface area contributed by atoms with E-state index in [0.29, 0.717) is 6.20 Å². The summed E-state index contributed by atoms with van der Waals surface area (Å²) in [6, 6.07) is 0. The van der Waals surface area contributed by atoms with Crippen LogP contribution < -0.4 is 11.2 Å². The van der Waals surface area contributed by atoms with Gasteiger partial charge in [0.25, 0.3) is 5.56 Å². The molecule has 1 aromatic rings. The van der Waals surface area contributed by atoms with Gasteiger partial charge in [-0.1, -0.05) is 0 Å². The van der Waals surface area contributed by atoms with Gasteiger partial charge in [0.15, 0.2) is 6.23 Å². The van der Waals surface area contributed by atoms with Crippen molar-refractivity contribution in [3.8, 4) is 0 Å². The maximum absolute atomic E-state index is 13.4. The summed E-state index contributed by atoms with van der Waals surface area (Å²) in [5.41, 5.74) is -2.07. The maximum atomic E-state index is 13.4. The van der Waals surface area contributed by atoms with E-state index in [-0.39, 0.29) is 13.0 Å². The smallest absolute Gasteiger partial charge is 0.330 e. The predicted octanol–water partition coefficient (Wildman–Crippen LogP) is -0.542. The minimum Gasteiger partial charge on any atom is -0.463 e. The average Bonchev–Trinajstić information content (AvgIpc) is 2.82. The zero-order chi connectivity index (χ0) is 17.1. The molecule has 0 aliphatic carbocycles. The quantitative estimate of drug-likeness (QED) is 0.737. The van der Waals surface area contributed by atoms with Crippen molar-refractivity contribution in [2.45, 2.75) is 38.7 Å². The largest absolute Gasteiger partial charge is 0.463 e. The molecule has 0 spiro atoms. The average molecular weight is 330 g/mol. The van der Waals surface area contributed by atoms with E-state index in [4.69, 9.17) is 14.2 Å². The van der Waals surface area contributed by atoms with Crippen molar-refractivity contribution < 1.29 is 28.2 Å². The number of esters is 2. The second-order valence-electron chi connectivity index (χ2n) is 4.98. The van der Waals surface area contributed by atoms with Gasteiger partial charge < -0.3 is 14.2 Å². The molecule has 126 valence electrons. The summed E-state index contributed by atoms with van der Waals surface area (Å²) in [7, 11) is 0. The van der Waals surface area contributed by atoms with Crippen molar-refractivity contribution in [3.05, 3.63) is 32.9 Å². The molecular weight excluding hydrogens is 315 g/mol. The van der Waals surface area contributed by atoms with Crippen molar-refractivity contribution in [2.24, 2.45) is 0 Å². The number of aromatic nitrogens is 2. The molecular formula is C13H15FN2O7. The summed E-state index contributed by atoms with van der Waals surface area (Å²) in [5.74, 6) is -2.32. The summed E-state index contributed by atoms with van der Waals surface area (Å²) in [5, 5.41) is 0. The lowest BCUT2D eigenvalue weighted by Crippen LogP contribution is -2.37. The van der Waals surface area contributed by atoms with Gasteiger partial charge in [0, 0.05) is 20.3 Å². The third kappa shape index (κ3) is 4.03. The number of carbonyl (C=O) groups is 2. The predicted molar refractivity (Wildman–Crippen MR) is 72.0 cm³/mol. The molecule has 0 aromatic carbocycles. The second kappa shape index (κ2) is 6.73. The molecule has 23 heavy (non-hydrogen) atoms. The van der Waals surface area contributed by atoms with E-state index < -0.39 is 47.4 Å². The van der Waals surface area contributed by atoms with Crippen LogP contribution in [0.15, 0.2) is 15.8 Å². The maximum Gasteiger partial charge on any atom is 0.330 e. The van der Waals surface area contributed by atoms with Crippen LogP contribution in [0.2, 0.25) is 0 Å². The van der Waals surface area contributed by atoms with Crippen LogP contribution in [0.5, 0.6) is 0 Å². The van der Waals surface area contributed by atoms with Gasteiger partial charge in [-0.3, -0.25) is 23.9 Å². The van der Waals surface area contributed by atoms with Crippen LogP contribution in [0, 0.1) is 5.82 Å². The molecule has 1 saturated heterocycles. The highest BCUT2D eigenvalue weighted by atomic mass is 19.1. The van der Waals surface area contributed by atoms with Crippen molar-refractivity contribution in [1.29, 1.82) is 0 Å². The first kappa shape index (κ1) is 16.9. The standard InChI is InChI=1S/C13H15FN2O7/c1-6(17)21-5-8-3-10(22-7(2)18)12(23-8)16-4-9(14)11(19)15-13(16)20/h4,8,10,12H,3,5H2,1-2H3,(H,15,19,20)/t8-,10-,12-/m1/s1. The second-order valence-corrected chi connectivity index (χ2v) is 4.98. The highest BCUT2D eigenvalue weighted by molar-refractivity contribution is 5.66. The van der Waals surface area contributed by atoms with E-state index in [1.807, 2.05) is 0 Å². The molecule has 10 heteroatoms. The SMILES string of the molecule is CC(=O)OC[C@H]1C[C@@H](OC(C)=O)[C@H](n2cc(F)c(=O)[nH]c2=O)O1. The van der Waals surface area contributed by atoms with E-state index in [9.17, 15) is 23.6 Å². The summed E-state index contributed by atoms with van der Waals surface area (Å²) in [6.07, 6.45) is -1.86. The molecule has 0 unspecified atom stereocenters. The third-order valence-corrected chi connectivity index (χ3v) is 3.13. The highest BCUT2D eigenvalue weighted by Gasteiger charge is 2.40. The van der Waals surface area contributed by atoms with Gasteiger partial charge in [0.1, 0.15) is 12.7 Å². The number of nitrogens with one attached hydrogen (secondary N) is 1. The van der Waals surface area contributed by atoms with E-state index in [0.717, 1.165) is 4.57 Å². The van der Waals surface area contributed by atoms with Gasteiger partial charge in [-0.15, -0.1) is 0 Å². The third-order valence-electron chi connectivity index (χ3n) is 3.13. The molecule has 2 heterocycles. The van der Waals surface area contributed by atoms with Gasteiger partial charge >= 0.3 is 17.6 Å². The van der Waals surface area contributed by atoms with E-state index in [1.54, 1.807) is 4.98 Å². The number of rotatable bonds is 4. The Kier molecular flexibility index (Phi) is 4.94. The molecule has 0 saturated carbocycles. The number of aromatic amines is 1. The van der Waals surface area contributed by atoms with Crippen LogP contribution in [0.1, 0.15) is 26.5 Å². The molecule has 2 rings (SSSR count). The van der Waals surface area contributed by atoms with Crippen LogP contribution in [-0.2, 0) is 23.8 Å². The summed E-state index contributed by atoms with van der Waals surface area (Å²) in [6.45, 7) is 2.29. The van der Waals surface area contributed by atoms with Gasteiger partial charge in [0.05, 0.1) is 12.3 Å². The Morgan fingerprint density at radius 3 is 2.70 bits per heavy atom. The number of halogens is 1. The number of carbonyl (C=O) groups excluding carboxylic acids is 2. The van der Waals surface area contributed by atoms with Crippen LogP contribution in [0.3, 0.4) is 0 Å². The fourth-order valence-electron chi connectivity index (χ4n) is 2.25. The van der Waals surface area contributed by atoms with Crippen LogP contribution in [-0.4, -0.2) is 40.3 Å². The molecule has 9 nitrogen and oxygen atoms in total. The van der Waals surface area contributed by atoms with Gasteiger partial charge in [-0.05, 0) is 0 Å². The van der Waals surface area contributed by atoms with E-state index >= 15 is 0 Å². The molecule has 1 aromatic heterocycles. The number of nitrogens with zero attached hydrogens (tertiary/aromatic N) is 1. The van der Waals surface area contributed by atoms with Gasteiger partial charge in [-0.25, -0.2) is 4.79 Å². The topological polar surface area (TPSA) is 117 Å². The number of ether oxygens (including phenoxy) is 3. The van der Waals surface area contributed by atoms with Crippen molar-refractivity contribution in [3.63, 3.8) is 0 Å². The first-order chi connectivity index (χ1) is 10.8. The molecule has 1 aliphatic heterocycles. The Morgan fingerprint density at radius 2 is 2.09 bits per heavy atom. The molecule has 3 atom stereocenters. The monoisotopic (exact) mass is 330 g/mol. The Labute approximate surface area is 129 Å². The van der Waals surface area contributed by atoms with E-state index in [2.05, 4.69) is 0 Å². The summed E-state index contributed by atoms with van der Waals surface area (Å²) >= 11 is 0. The van der Waals surface area contributed by atoms with E-state index in [1.165, 1.54) is 13.8 Å². The van der Waals surface area contributed by atoms with Crippen LogP contribution >= 0.6 is 0 Å². The first-order valence-electron chi connectivity index (χ1n) is 6.75. The van der Waals surface area contributed by atoms with Crippen LogP contribution in [0.25, 0.3) is 0 Å². The fraction of sp³-hybridized carbons (Fsp3) is 0.538.